The van der Waals surface area contributed by atoms with Crippen LogP contribution in [0.4, 0.5) is 5.69 Å². The Labute approximate surface area is 124 Å². The monoisotopic (exact) mass is 306 g/mol. The summed E-state index contributed by atoms with van der Waals surface area (Å²) in [5.41, 5.74) is 0.627. The normalized spacial score (nSPS) is 27.0. The van der Waals surface area contributed by atoms with E-state index in [1.54, 1.807) is 12.1 Å². The van der Waals surface area contributed by atoms with Crippen molar-refractivity contribution in [3.63, 3.8) is 0 Å². The number of amides is 1. The lowest BCUT2D eigenvalue weighted by Gasteiger charge is -2.17. The van der Waals surface area contributed by atoms with E-state index in [1.165, 1.54) is 19.2 Å². The molecule has 112 valence electrons. The fourth-order valence-electron chi connectivity index (χ4n) is 3.15. The first kappa shape index (κ1) is 14.3. The molecule has 2 bridgehead atoms. The molecule has 6 heteroatoms. The summed E-state index contributed by atoms with van der Waals surface area (Å²) in [6.45, 7) is 0. The molecule has 2 aliphatic carbocycles. The molecule has 2 N–H and O–H groups in total. The zero-order valence-corrected chi connectivity index (χ0v) is 12.6. The molecule has 0 aromatic heterocycles. The summed E-state index contributed by atoms with van der Waals surface area (Å²) in [5, 5.41) is 2.88. The second-order valence-corrected chi connectivity index (χ2v) is 7.49. The van der Waals surface area contributed by atoms with Crippen LogP contribution in [0.5, 0.6) is 0 Å². The summed E-state index contributed by atoms with van der Waals surface area (Å²) in [6, 6.07) is 6.21. The Morgan fingerprint density at radius 2 is 1.86 bits per heavy atom. The molecule has 5 nitrogen and oxygen atoms in total. The van der Waals surface area contributed by atoms with E-state index >= 15 is 0 Å². The van der Waals surface area contributed by atoms with E-state index in [0.29, 0.717) is 17.5 Å². The van der Waals surface area contributed by atoms with Gasteiger partial charge in [0.05, 0.1) is 4.90 Å². The third-order valence-corrected chi connectivity index (χ3v) is 5.75. The van der Waals surface area contributed by atoms with Gasteiger partial charge in [0, 0.05) is 11.6 Å². The molecule has 3 unspecified atom stereocenters. The van der Waals surface area contributed by atoms with Gasteiger partial charge in [-0.3, -0.25) is 4.79 Å². The molecule has 1 aromatic carbocycles. The number of hydrogen-bond donors (Lipinski definition) is 2. The predicted molar refractivity (Wildman–Crippen MR) is 80.2 cm³/mol. The zero-order chi connectivity index (χ0) is 15.0. The Bertz CT molecular complexity index is 679. The Kier molecular flexibility index (Phi) is 3.59. The quantitative estimate of drug-likeness (QED) is 0.832. The molecule has 0 radical (unpaired) electrons. The minimum atomic E-state index is -3.44. The summed E-state index contributed by atoms with van der Waals surface area (Å²) in [7, 11) is -2.07. The molecular formula is C15H18N2O3S. The van der Waals surface area contributed by atoms with Crippen molar-refractivity contribution < 1.29 is 13.2 Å². The van der Waals surface area contributed by atoms with Crippen molar-refractivity contribution in [3.8, 4) is 0 Å². The van der Waals surface area contributed by atoms with Crippen LogP contribution in [0.25, 0.3) is 0 Å². The number of benzene rings is 1. The van der Waals surface area contributed by atoms with E-state index in [9.17, 15) is 13.2 Å². The van der Waals surface area contributed by atoms with Gasteiger partial charge < -0.3 is 5.32 Å². The SMILES string of the molecule is CNS(=O)(=O)c1ccc(NC(=O)C2CC3C=CC2C3)cc1. The fraction of sp³-hybridized carbons (Fsp3) is 0.400. The van der Waals surface area contributed by atoms with Gasteiger partial charge in [0.15, 0.2) is 0 Å². The number of nitrogens with one attached hydrogen (secondary N) is 2. The van der Waals surface area contributed by atoms with E-state index in [4.69, 9.17) is 0 Å². The van der Waals surface area contributed by atoms with Crippen LogP contribution in [0, 0.1) is 17.8 Å². The second-order valence-electron chi connectivity index (χ2n) is 5.61. The molecule has 0 spiro atoms. The Morgan fingerprint density at radius 3 is 2.38 bits per heavy atom. The summed E-state index contributed by atoms with van der Waals surface area (Å²) in [4.78, 5) is 12.5. The van der Waals surface area contributed by atoms with Crippen molar-refractivity contribution in [2.45, 2.75) is 17.7 Å². The highest BCUT2D eigenvalue weighted by molar-refractivity contribution is 7.89. The summed E-state index contributed by atoms with van der Waals surface area (Å²) in [6.07, 6.45) is 6.34. The van der Waals surface area contributed by atoms with Gasteiger partial charge in [-0.05, 0) is 56.0 Å². The predicted octanol–water partition coefficient (Wildman–Crippen LogP) is 1.75. The molecule has 2 aliphatic rings. The molecule has 0 saturated heterocycles. The molecule has 1 saturated carbocycles. The fourth-order valence-corrected chi connectivity index (χ4v) is 3.88. The summed E-state index contributed by atoms with van der Waals surface area (Å²) >= 11 is 0. The van der Waals surface area contributed by atoms with Gasteiger partial charge in [-0.1, -0.05) is 12.2 Å². The number of allylic oxidation sites excluding steroid dienone is 2. The maximum absolute atomic E-state index is 12.3. The lowest BCUT2D eigenvalue weighted by Crippen LogP contribution is -2.26. The second kappa shape index (κ2) is 5.27. The van der Waals surface area contributed by atoms with Gasteiger partial charge in [0.1, 0.15) is 0 Å². The van der Waals surface area contributed by atoms with Gasteiger partial charge in [0.2, 0.25) is 15.9 Å². The average Bonchev–Trinajstić information content (AvgIpc) is 3.10. The average molecular weight is 306 g/mol. The highest BCUT2D eigenvalue weighted by atomic mass is 32.2. The molecule has 3 atom stereocenters. The largest absolute Gasteiger partial charge is 0.326 e. The van der Waals surface area contributed by atoms with Crippen LogP contribution < -0.4 is 10.0 Å². The van der Waals surface area contributed by atoms with Gasteiger partial charge in [0.25, 0.3) is 0 Å². The van der Waals surface area contributed by atoms with Crippen LogP contribution in [0.15, 0.2) is 41.3 Å². The third kappa shape index (κ3) is 2.73. The summed E-state index contributed by atoms with van der Waals surface area (Å²) < 4.78 is 25.5. The van der Waals surface area contributed by atoms with E-state index < -0.39 is 10.0 Å². The smallest absolute Gasteiger partial charge is 0.240 e. The number of anilines is 1. The molecule has 0 aliphatic heterocycles. The number of fused-ring (bicyclic) bond motifs is 2. The maximum atomic E-state index is 12.3. The Morgan fingerprint density at radius 1 is 1.14 bits per heavy atom. The molecule has 0 heterocycles. The first-order valence-electron chi connectivity index (χ1n) is 7.02. The van der Waals surface area contributed by atoms with Gasteiger partial charge in [-0.2, -0.15) is 0 Å². The molecule has 1 amide bonds. The highest BCUT2D eigenvalue weighted by Crippen LogP contribution is 2.43. The van der Waals surface area contributed by atoms with E-state index in [2.05, 4.69) is 22.2 Å². The van der Waals surface area contributed by atoms with Crippen molar-refractivity contribution in [1.29, 1.82) is 0 Å². The van der Waals surface area contributed by atoms with Crippen molar-refractivity contribution in [3.05, 3.63) is 36.4 Å². The molecule has 1 aromatic rings. The van der Waals surface area contributed by atoms with Crippen LogP contribution in [0.2, 0.25) is 0 Å². The van der Waals surface area contributed by atoms with Gasteiger partial charge in [-0.25, -0.2) is 13.1 Å². The lowest BCUT2D eigenvalue weighted by molar-refractivity contribution is -0.120. The topological polar surface area (TPSA) is 75.3 Å². The summed E-state index contributed by atoms with van der Waals surface area (Å²) in [5.74, 6) is 0.977. The zero-order valence-electron chi connectivity index (χ0n) is 11.7. The van der Waals surface area contributed by atoms with Crippen LogP contribution in [0.1, 0.15) is 12.8 Å². The van der Waals surface area contributed by atoms with Gasteiger partial charge >= 0.3 is 0 Å². The van der Waals surface area contributed by atoms with Crippen LogP contribution in [-0.4, -0.2) is 21.4 Å². The lowest BCUT2D eigenvalue weighted by atomic mass is 9.93. The maximum Gasteiger partial charge on any atom is 0.240 e. The highest BCUT2D eigenvalue weighted by Gasteiger charge is 2.39. The minimum absolute atomic E-state index is 0.0241. The number of carbonyl (C=O) groups is 1. The Hall–Kier alpha value is -1.66. The number of sulfonamides is 1. The van der Waals surface area contributed by atoms with Gasteiger partial charge in [-0.15, -0.1) is 0 Å². The molecular weight excluding hydrogens is 288 g/mol. The first-order valence-corrected chi connectivity index (χ1v) is 8.51. The minimum Gasteiger partial charge on any atom is -0.326 e. The van der Waals surface area contributed by atoms with Crippen LogP contribution in [-0.2, 0) is 14.8 Å². The van der Waals surface area contributed by atoms with Crippen molar-refractivity contribution in [2.24, 2.45) is 17.8 Å². The Balaban J connectivity index is 1.68. The van der Waals surface area contributed by atoms with Crippen LogP contribution >= 0.6 is 0 Å². The van der Waals surface area contributed by atoms with E-state index in [-0.39, 0.29) is 16.7 Å². The van der Waals surface area contributed by atoms with E-state index in [1.807, 2.05) is 0 Å². The first-order chi connectivity index (χ1) is 9.99. The third-order valence-electron chi connectivity index (χ3n) is 4.32. The number of rotatable bonds is 4. The van der Waals surface area contributed by atoms with Crippen LogP contribution in [0.3, 0.4) is 0 Å². The standard InChI is InChI=1S/C15H18N2O3S/c1-16-21(19,20)13-6-4-12(5-7-13)17-15(18)14-9-10-2-3-11(14)8-10/h2-7,10-11,14,16H,8-9H2,1H3,(H,17,18). The van der Waals surface area contributed by atoms with Crippen molar-refractivity contribution in [1.82, 2.24) is 4.72 Å². The molecule has 3 rings (SSSR count). The number of hydrogen-bond acceptors (Lipinski definition) is 3. The van der Waals surface area contributed by atoms with Crippen molar-refractivity contribution >= 4 is 21.6 Å². The molecule has 1 fully saturated rings. The van der Waals surface area contributed by atoms with Crippen molar-refractivity contribution in [2.75, 3.05) is 12.4 Å². The number of carbonyl (C=O) groups excluding carboxylic acids is 1. The molecule has 21 heavy (non-hydrogen) atoms. The van der Waals surface area contributed by atoms with E-state index in [0.717, 1.165) is 12.8 Å².